The van der Waals surface area contributed by atoms with Crippen LogP contribution in [-0.2, 0) is 17.7 Å². The molecule has 1 amide bonds. The standard InChI is InChI=1S/C15H21NO4/c1-5-11-7-6-10(8-12(11)13(17)18)9-16-14(19)20-15(2,3)4/h6-8H,5,9H2,1-4H3,(H,16,19)(H,17,18). The first-order chi connectivity index (χ1) is 9.23. The molecule has 0 atom stereocenters. The largest absolute Gasteiger partial charge is 0.478 e. The highest BCUT2D eigenvalue weighted by molar-refractivity contribution is 5.89. The maximum atomic E-state index is 11.5. The van der Waals surface area contributed by atoms with Crippen LogP contribution in [0.5, 0.6) is 0 Å². The first-order valence-corrected chi connectivity index (χ1v) is 6.55. The minimum Gasteiger partial charge on any atom is -0.478 e. The van der Waals surface area contributed by atoms with Gasteiger partial charge in [-0.1, -0.05) is 19.1 Å². The predicted molar refractivity (Wildman–Crippen MR) is 75.9 cm³/mol. The van der Waals surface area contributed by atoms with Gasteiger partial charge in [-0.2, -0.15) is 0 Å². The normalized spacial score (nSPS) is 11.0. The minimum absolute atomic E-state index is 0.235. The lowest BCUT2D eigenvalue weighted by atomic mass is 10.0. The Labute approximate surface area is 118 Å². The van der Waals surface area contributed by atoms with Gasteiger partial charge in [0.05, 0.1) is 5.56 Å². The second-order valence-electron chi connectivity index (χ2n) is 5.51. The molecule has 0 saturated heterocycles. The summed E-state index contributed by atoms with van der Waals surface area (Å²) in [5.41, 5.74) is 1.22. The number of carboxylic acids is 1. The van der Waals surface area contributed by atoms with Crippen molar-refractivity contribution in [3.8, 4) is 0 Å². The van der Waals surface area contributed by atoms with Gasteiger partial charge in [0.15, 0.2) is 0 Å². The molecule has 1 aromatic carbocycles. The SMILES string of the molecule is CCc1ccc(CNC(=O)OC(C)(C)C)cc1C(=O)O. The van der Waals surface area contributed by atoms with E-state index in [-0.39, 0.29) is 12.1 Å². The fourth-order valence-electron chi connectivity index (χ4n) is 1.73. The van der Waals surface area contributed by atoms with E-state index in [1.54, 1.807) is 32.9 Å². The van der Waals surface area contributed by atoms with Crippen molar-refractivity contribution in [1.29, 1.82) is 0 Å². The Hall–Kier alpha value is -2.04. The molecule has 0 saturated carbocycles. The van der Waals surface area contributed by atoms with Gasteiger partial charge in [0.1, 0.15) is 5.60 Å². The number of alkyl carbamates (subject to hydrolysis) is 1. The van der Waals surface area contributed by atoms with Gasteiger partial charge in [0, 0.05) is 6.54 Å². The molecule has 0 unspecified atom stereocenters. The number of rotatable bonds is 4. The summed E-state index contributed by atoms with van der Waals surface area (Å²) in [5, 5.41) is 11.7. The molecule has 20 heavy (non-hydrogen) atoms. The van der Waals surface area contributed by atoms with E-state index in [0.717, 1.165) is 11.1 Å². The van der Waals surface area contributed by atoms with Crippen LogP contribution in [0.25, 0.3) is 0 Å². The van der Waals surface area contributed by atoms with Crippen LogP contribution in [0, 0.1) is 0 Å². The molecule has 2 N–H and O–H groups in total. The van der Waals surface area contributed by atoms with E-state index in [1.165, 1.54) is 0 Å². The topological polar surface area (TPSA) is 75.6 Å². The molecule has 0 aromatic heterocycles. The first-order valence-electron chi connectivity index (χ1n) is 6.55. The maximum absolute atomic E-state index is 11.5. The summed E-state index contributed by atoms with van der Waals surface area (Å²) in [6, 6.07) is 5.16. The van der Waals surface area contributed by atoms with Crippen molar-refractivity contribution in [3.05, 3.63) is 34.9 Å². The summed E-state index contributed by atoms with van der Waals surface area (Å²) in [4.78, 5) is 22.7. The Morgan fingerprint density at radius 3 is 2.45 bits per heavy atom. The van der Waals surface area contributed by atoms with Gasteiger partial charge in [0.25, 0.3) is 0 Å². The van der Waals surface area contributed by atoms with E-state index in [2.05, 4.69) is 5.32 Å². The number of carboxylic acid groups (broad SMARTS) is 1. The van der Waals surface area contributed by atoms with Crippen LogP contribution in [0.4, 0.5) is 4.79 Å². The molecule has 0 spiro atoms. The molecule has 0 radical (unpaired) electrons. The summed E-state index contributed by atoms with van der Waals surface area (Å²) in [6.45, 7) is 7.49. The molecule has 0 aliphatic carbocycles. The zero-order valence-corrected chi connectivity index (χ0v) is 12.3. The van der Waals surface area contributed by atoms with Crippen LogP contribution in [0.2, 0.25) is 0 Å². The number of ether oxygens (including phenoxy) is 1. The van der Waals surface area contributed by atoms with Crippen molar-refractivity contribution in [2.24, 2.45) is 0 Å². The second kappa shape index (κ2) is 6.41. The zero-order chi connectivity index (χ0) is 15.3. The number of aromatic carboxylic acids is 1. The monoisotopic (exact) mass is 279 g/mol. The lowest BCUT2D eigenvalue weighted by molar-refractivity contribution is 0.0523. The van der Waals surface area contributed by atoms with Gasteiger partial charge < -0.3 is 15.2 Å². The number of hydrogen-bond acceptors (Lipinski definition) is 3. The van der Waals surface area contributed by atoms with Crippen molar-refractivity contribution in [2.45, 2.75) is 46.3 Å². The lowest BCUT2D eigenvalue weighted by Gasteiger charge is -2.19. The molecule has 0 aliphatic rings. The number of carbonyl (C=O) groups excluding carboxylic acids is 1. The fraction of sp³-hybridized carbons (Fsp3) is 0.467. The van der Waals surface area contributed by atoms with Gasteiger partial charge in [-0.05, 0) is 44.4 Å². The van der Waals surface area contributed by atoms with Crippen LogP contribution >= 0.6 is 0 Å². The maximum Gasteiger partial charge on any atom is 0.407 e. The lowest BCUT2D eigenvalue weighted by Crippen LogP contribution is -2.32. The molecule has 1 rings (SSSR count). The Morgan fingerprint density at radius 1 is 1.30 bits per heavy atom. The molecular weight excluding hydrogens is 258 g/mol. The Balaban J connectivity index is 2.72. The Kier molecular flexibility index (Phi) is 5.13. The Morgan fingerprint density at radius 2 is 1.95 bits per heavy atom. The third kappa shape index (κ3) is 4.91. The van der Waals surface area contributed by atoms with E-state index < -0.39 is 17.7 Å². The van der Waals surface area contributed by atoms with E-state index in [1.807, 2.05) is 13.0 Å². The van der Waals surface area contributed by atoms with Crippen LogP contribution < -0.4 is 5.32 Å². The number of nitrogens with one attached hydrogen (secondary N) is 1. The van der Waals surface area contributed by atoms with Crippen LogP contribution in [-0.4, -0.2) is 22.8 Å². The summed E-state index contributed by atoms with van der Waals surface area (Å²) in [6.07, 6.45) is 0.135. The average molecular weight is 279 g/mol. The fourth-order valence-corrected chi connectivity index (χ4v) is 1.73. The highest BCUT2D eigenvalue weighted by atomic mass is 16.6. The Bertz CT molecular complexity index is 503. The molecular formula is C15H21NO4. The van der Waals surface area contributed by atoms with Crippen molar-refractivity contribution in [3.63, 3.8) is 0 Å². The van der Waals surface area contributed by atoms with E-state index in [9.17, 15) is 9.59 Å². The highest BCUT2D eigenvalue weighted by Crippen LogP contribution is 2.13. The number of hydrogen-bond donors (Lipinski definition) is 2. The summed E-state index contributed by atoms with van der Waals surface area (Å²) >= 11 is 0. The molecule has 5 heteroatoms. The number of benzene rings is 1. The average Bonchev–Trinajstić information content (AvgIpc) is 2.33. The smallest absolute Gasteiger partial charge is 0.407 e. The quantitative estimate of drug-likeness (QED) is 0.888. The molecule has 0 heterocycles. The van der Waals surface area contributed by atoms with Crippen molar-refractivity contribution in [2.75, 3.05) is 0 Å². The molecule has 0 aliphatic heterocycles. The van der Waals surface area contributed by atoms with Gasteiger partial charge in [-0.25, -0.2) is 9.59 Å². The third-order valence-electron chi connectivity index (χ3n) is 2.62. The van der Waals surface area contributed by atoms with E-state index in [0.29, 0.717) is 6.42 Å². The number of aryl methyl sites for hydroxylation is 1. The molecule has 0 fully saturated rings. The van der Waals surface area contributed by atoms with Crippen LogP contribution in [0.15, 0.2) is 18.2 Å². The molecule has 110 valence electrons. The summed E-state index contributed by atoms with van der Waals surface area (Å²) in [7, 11) is 0. The summed E-state index contributed by atoms with van der Waals surface area (Å²) in [5.74, 6) is -0.957. The van der Waals surface area contributed by atoms with Gasteiger partial charge in [0.2, 0.25) is 0 Å². The van der Waals surface area contributed by atoms with Crippen LogP contribution in [0.1, 0.15) is 49.2 Å². The number of carbonyl (C=O) groups is 2. The van der Waals surface area contributed by atoms with Crippen molar-refractivity contribution >= 4 is 12.1 Å². The number of amides is 1. The van der Waals surface area contributed by atoms with Crippen molar-refractivity contribution < 1.29 is 19.4 Å². The molecule has 5 nitrogen and oxygen atoms in total. The molecule has 1 aromatic rings. The van der Waals surface area contributed by atoms with E-state index in [4.69, 9.17) is 9.84 Å². The molecule has 0 bridgehead atoms. The zero-order valence-electron chi connectivity index (χ0n) is 12.3. The minimum atomic E-state index is -0.957. The second-order valence-corrected chi connectivity index (χ2v) is 5.51. The predicted octanol–water partition coefficient (Wildman–Crippen LogP) is 2.97. The van der Waals surface area contributed by atoms with Gasteiger partial charge >= 0.3 is 12.1 Å². The van der Waals surface area contributed by atoms with Crippen molar-refractivity contribution in [1.82, 2.24) is 5.32 Å². The van der Waals surface area contributed by atoms with E-state index >= 15 is 0 Å². The van der Waals surface area contributed by atoms with Gasteiger partial charge in [-0.15, -0.1) is 0 Å². The van der Waals surface area contributed by atoms with Gasteiger partial charge in [-0.3, -0.25) is 0 Å². The summed E-state index contributed by atoms with van der Waals surface area (Å²) < 4.78 is 5.12. The van der Waals surface area contributed by atoms with Crippen LogP contribution in [0.3, 0.4) is 0 Å². The third-order valence-corrected chi connectivity index (χ3v) is 2.62. The highest BCUT2D eigenvalue weighted by Gasteiger charge is 2.16. The first kappa shape index (κ1) is 16.0.